The van der Waals surface area contributed by atoms with Crippen molar-refractivity contribution in [2.75, 3.05) is 0 Å². The summed E-state index contributed by atoms with van der Waals surface area (Å²) >= 11 is 0. The molecule has 0 N–H and O–H groups in total. The van der Waals surface area contributed by atoms with Gasteiger partial charge in [-0.2, -0.15) is 0 Å². The Morgan fingerprint density at radius 3 is 1.38 bits per heavy atom. The number of aromatic nitrogens is 1. The first-order chi connectivity index (χ1) is 16.9. The molecule has 1 heterocycles. The predicted octanol–water partition coefficient (Wildman–Crippen LogP) is 9.11. The van der Waals surface area contributed by atoms with Crippen molar-refractivity contribution in [2.45, 2.75) is 0 Å². The lowest BCUT2D eigenvalue weighted by Crippen LogP contribution is -1.89. The molecule has 0 amide bonds. The van der Waals surface area contributed by atoms with Crippen molar-refractivity contribution in [2.24, 2.45) is 0 Å². The molecule has 0 spiro atoms. The highest BCUT2D eigenvalue weighted by Gasteiger charge is 2.15. The Balaban J connectivity index is 1.78. The molecule has 0 aliphatic rings. The van der Waals surface area contributed by atoms with E-state index in [4.69, 9.17) is 0 Å². The van der Waals surface area contributed by atoms with Crippen molar-refractivity contribution in [3.63, 3.8) is 0 Å². The molecule has 0 saturated carbocycles. The molecule has 8 aromatic rings. The van der Waals surface area contributed by atoms with Crippen LogP contribution in [0.3, 0.4) is 0 Å². The zero-order chi connectivity index (χ0) is 22.2. The minimum absolute atomic E-state index is 1.19. The fraction of sp³-hybridized carbons (Fsp3) is 0. The molecule has 0 bridgehead atoms. The molecular weight excluding hydrogens is 410 g/mol. The zero-order valence-electron chi connectivity index (χ0n) is 18.4. The average Bonchev–Trinajstić information content (AvgIpc) is 2.91. The first-order valence-corrected chi connectivity index (χ1v) is 11.7. The van der Waals surface area contributed by atoms with Gasteiger partial charge < -0.3 is 0 Å². The van der Waals surface area contributed by atoms with Crippen LogP contribution in [0, 0.1) is 0 Å². The Morgan fingerprint density at radius 1 is 0.353 bits per heavy atom. The Labute approximate surface area is 196 Å². The minimum Gasteiger partial charge on any atom is -0.265 e. The van der Waals surface area contributed by atoms with E-state index in [1.54, 1.807) is 0 Å². The van der Waals surface area contributed by atoms with E-state index in [-0.39, 0.29) is 0 Å². The molecule has 0 aliphatic carbocycles. The molecule has 0 fully saturated rings. The highest BCUT2D eigenvalue weighted by Crippen LogP contribution is 2.44. The molecule has 8 rings (SSSR count). The standard InChI is InChI=1S/C33H19N/c1-4-21-10-11-22-6-3-9-28-29-19-25(20-14-16-34-17-15-20)18-24-13-12-23-5-2-8-27(31(23)33(24)29)26(7-1)30(21)32(22)28/h1-19H. The van der Waals surface area contributed by atoms with Gasteiger partial charge in [0.2, 0.25) is 0 Å². The number of fused-ring (bicyclic) bond motifs is 2. The summed E-state index contributed by atoms with van der Waals surface area (Å²) in [6, 6.07) is 38.2. The molecule has 34 heavy (non-hydrogen) atoms. The fourth-order valence-electron chi connectivity index (χ4n) is 6.00. The molecule has 0 atom stereocenters. The number of hydrogen-bond donors (Lipinski definition) is 0. The van der Waals surface area contributed by atoms with Crippen LogP contribution in [-0.2, 0) is 0 Å². The van der Waals surface area contributed by atoms with E-state index in [2.05, 4.69) is 108 Å². The Morgan fingerprint density at radius 2 is 0.824 bits per heavy atom. The van der Waals surface area contributed by atoms with Crippen molar-refractivity contribution < 1.29 is 0 Å². The lowest BCUT2D eigenvalue weighted by Gasteiger charge is -2.17. The summed E-state index contributed by atoms with van der Waals surface area (Å²) in [5.74, 6) is 0. The first kappa shape index (κ1) is 18.0. The second-order valence-corrected chi connectivity index (χ2v) is 9.20. The largest absolute Gasteiger partial charge is 0.265 e. The van der Waals surface area contributed by atoms with Gasteiger partial charge in [-0.1, -0.05) is 78.9 Å². The SMILES string of the molecule is c1cc2ccc3cccc4c5cc(-c6ccncc6)cc6ccc7cccc(c(c1)c2c34)c7c65. The summed E-state index contributed by atoms with van der Waals surface area (Å²) in [7, 11) is 0. The van der Waals surface area contributed by atoms with Crippen molar-refractivity contribution in [1.82, 2.24) is 4.98 Å². The van der Waals surface area contributed by atoms with Gasteiger partial charge in [0, 0.05) is 12.4 Å². The Kier molecular flexibility index (Phi) is 3.45. The topological polar surface area (TPSA) is 12.9 Å². The normalized spacial score (nSPS) is 12.1. The number of rotatable bonds is 1. The second kappa shape index (κ2) is 6.52. The lowest BCUT2D eigenvalue weighted by molar-refractivity contribution is 1.33. The molecule has 0 saturated heterocycles. The van der Waals surface area contributed by atoms with Gasteiger partial charge >= 0.3 is 0 Å². The summed E-state index contributed by atoms with van der Waals surface area (Å²) in [5.41, 5.74) is 2.41. The van der Waals surface area contributed by atoms with E-state index >= 15 is 0 Å². The first-order valence-electron chi connectivity index (χ1n) is 11.7. The van der Waals surface area contributed by atoms with Crippen LogP contribution in [-0.4, -0.2) is 4.98 Å². The van der Waals surface area contributed by atoms with Crippen LogP contribution in [0.2, 0.25) is 0 Å². The monoisotopic (exact) mass is 429 g/mol. The maximum absolute atomic E-state index is 4.24. The smallest absolute Gasteiger partial charge is 0.0273 e. The van der Waals surface area contributed by atoms with Crippen LogP contribution in [0.4, 0.5) is 0 Å². The quantitative estimate of drug-likeness (QED) is 0.237. The number of pyridine rings is 1. The molecule has 1 nitrogen and oxygen atoms in total. The molecule has 0 radical (unpaired) electrons. The van der Waals surface area contributed by atoms with Gasteiger partial charge in [0.25, 0.3) is 0 Å². The van der Waals surface area contributed by atoms with Gasteiger partial charge in [-0.15, -0.1) is 0 Å². The third-order valence-electron chi connectivity index (χ3n) is 7.44. The number of hydrogen-bond acceptors (Lipinski definition) is 1. The molecule has 156 valence electrons. The van der Waals surface area contributed by atoms with Crippen LogP contribution in [0.1, 0.15) is 0 Å². The van der Waals surface area contributed by atoms with Gasteiger partial charge in [-0.25, -0.2) is 0 Å². The van der Waals surface area contributed by atoms with E-state index in [1.807, 2.05) is 12.4 Å². The van der Waals surface area contributed by atoms with E-state index < -0.39 is 0 Å². The van der Waals surface area contributed by atoms with Gasteiger partial charge in [-0.3, -0.25) is 4.98 Å². The highest BCUT2D eigenvalue weighted by atomic mass is 14.6. The molecule has 7 aromatic carbocycles. The summed E-state index contributed by atoms with van der Waals surface area (Å²) in [6.45, 7) is 0. The van der Waals surface area contributed by atoms with E-state index in [0.717, 1.165) is 0 Å². The zero-order valence-corrected chi connectivity index (χ0v) is 18.4. The van der Waals surface area contributed by atoms with Gasteiger partial charge in [-0.05, 0) is 100 Å². The van der Waals surface area contributed by atoms with Crippen LogP contribution < -0.4 is 0 Å². The Bertz CT molecular complexity index is 2050. The third-order valence-corrected chi connectivity index (χ3v) is 7.44. The summed E-state index contributed by atoms with van der Waals surface area (Å²) in [5, 5.41) is 15.7. The molecule has 0 aliphatic heterocycles. The summed E-state index contributed by atoms with van der Waals surface area (Å²) in [6.07, 6.45) is 3.75. The average molecular weight is 430 g/mol. The number of benzene rings is 6. The predicted molar refractivity (Wildman–Crippen MR) is 146 cm³/mol. The fourth-order valence-corrected chi connectivity index (χ4v) is 6.00. The second-order valence-electron chi connectivity index (χ2n) is 9.20. The molecule has 0 unspecified atom stereocenters. The van der Waals surface area contributed by atoms with E-state index in [1.165, 1.54) is 75.8 Å². The highest BCUT2D eigenvalue weighted by molar-refractivity contribution is 6.37. The van der Waals surface area contributed by atoms with Gasteiger partial charge in [0.15, 0.2) is 0 Å². The maximum atomic E-state index is 4.24. The van der Waals surface area contributed by atoms with Crippen molar-refractivity contribution in [1.29, 1.82) is 0 Å². The molecule has 1 heteroatoms. The maximum Gasteiger partial charge on any atom is 0.0273 e. The van der Waals surface area contributed by atoms with E-state index in [9.17, 15) is 0 Å². The molecular formula is C33H19N. The van der Waals surface area contributed by atoms with Crippen LogP contribution in [0.5, 0.6) is 0 Å². The minimum atomic E-state index is 1.19. The van der Waals surface area contributed by atoms with Crippen molar-refractivity contribution in [3.05, 3.63) is 116 Å². The van der Waals surface area contributed by atoms with Gasteiger partial charge in [0.1, 0.15) is 0 Å². The molecule has 1 aromatic heterocycles. The summed E-state index contributed by atoms with van der Waals surface area (Å²) < 4.78 is 0. The van der Waals surface area contributed by atoms with Crippen LogP contribution >= 0.6 is 0 Å². The van der Waals surface area contributed by atoms with Crippen molar-refractivity contribution >= 4 is 64.6 Å². The number of nitrogens with zero attached hydrogens (tertiary/aromatic N) is 1. The van der Waals surface area contributed by atoms with Crippen LogP contribution in [0.25, 0.3) is 75.8 Å². The van der Waals surface area contributed by atoms with E-state index in [0.29, 0.717) is 0 Å². The van der Waals surface area contributed by atoms with Gasteiger partial charge in [0.05, 0.1) is 0 Å². The van der Waals surface area contributed by atoms with Crippen LogP contribution in [0.15, 0.2) is 116 Å². The summed E-state index contributed by atoms with van der Waals surface area (Å²) in [4.78, 5) is 4.24. The Hall–Kier alpha value is -4.49. The van der Waals surface area contributed by atoms with Crippen molar-refractivity contribution in [3.8, 4) is 11.1 Å². The lowest BCUT2D eigenvalue weighted by atomic mass is 9.86. The third kappa shape index (κ3) is 2.31.